The first-order valence-corrected chi connectivity index (χ1v) is 5.99. The molecule has 0 unspecified atom stereocenters. The maximum Gasteiger partial charge on any atom is 0.122 e. The molecule has 0 aromatic heterocycles. The fraction of sp³-hybridized carbons (Fsp3) is 0.500. The van der Waals surface area contributed by atoms with Crippen LogP contribution in [-0.2, 0) is 4.74 Å². The molecule has 1 aromatic carbocycles. The predicted octanol–water partition coefficient (Wildman–Crippen LogP) is 2.47. The molecule has 0 saturated heterocycles. The molecule has 18 heavy (non-hydrogen) atoms. The van der Waals surface area contributed by atoms with Gasteiger partial charge in [-0.2, -0.15) is 0 Å². The van der Waals surface area contributed by atoms with Gasteiger partial charge in [0.15, 0.2) is 0 Å². The maximum atomic E-state index is 7.41. The first kappa shape index (κ1) is 14.5. The smallest absolute Gasteiger partial charge is 0.122 e. The molecule has 0 spiro atoms. The highest BCUT2D eigenvalue weighted by Crippen LogP contribution is 2.21. The Balaban J connectivity index is 2.67. The Morgan fingerprint density at radius 3 is 2.61 bits per heavy atom. The van der Waals surface area contributed by atoms with Gasteiger partial charge in [-0.15, -0.1) is 0 Å². The van der Waals surface area contributed by atoms with E-state index in [0.717, 1.165) is 17.7 Å². The Labute approximate surface area is 109 Å². The standard InChI is InChI=1S/C14H22N2O2/c1-10-5-6-11(13(15)16)9-12(10)18-8-7-14(2,3)17-4/h5-6,9H,7-8H2,1-4H3,(H3,15,16). The molecule has 0 aliphatic carbocycles. The Hall–Kier alpha value is -1.55. The van der Waals surface area contributed by atoms with Gasteiger partial charge in [-0.25, -0.2) is 0 Å². The van der Waals surface area contributed by atoms with E-state index in [0.29, 0.717) is 12.2 Å². The summed E-state index contributed by atoms with van der Waals surface area (Å²) in [5.74, 6) is 0.826. The zero-order valence-electron chi connectivity index (χ0n) is 11.5. The molecule has 3 N–H and O–H groups in total. The van der Waals surface area contributed by atoms with Crippen molar-refractivity contribution < 1.29 is 9.47 Å². The Morgan fingerprint density at radius 1 is 1.39 bits per heavy atom. The molecule has 4 heteroatoms. The lowest BCUT2D eigenvalue weighted by Gasteiger charge is -2.23. The van der Waals surface area contributed by atoms with Crippen molar-refractivity contribution in [2.75, 3.05) is 13.7 Å². The van der Waals surface area contributed by atoms with Gasteiger partial charge < -0.3 is 15.2 Å². The van der Waals surface area contributed by atoms with E-state index in [1.807, 2.05) is 32.9 Å². The SMILES string of the molecule is COC(C)(C)CCOc1cc(C(=N)N)ccc1C. The number of hydrogen-bond acceptors (Lipinski definition) is 3. The molecule has 1 aromatic rings. The number of benzene rings is 1. The normalized spacial score (nSPS) is 11.3. The second-order valence-corrected chi connectivity index (χ2v) is 4.96. The molecule has 0 amide bonds. The largest absolute Gasteiger partial charge is 0.493 e. The summed E-state index contributed by atoms with van der Waals surface area (Å²) in [6, 6.07) is 5.54. The van der Waals surface area contributed by atoms with Gasteiger partial charge in [0.05, 0.1) is 12.2 Å². The second kappa shape index (κ2) is 5.87. The van der Waals surface area contributed by atoms with E-state index >= 15 is 0 Å². The van der Waals surface area contributed by atoms with E-state index in [-0.39, 0.29) is 11.4 Å². The van der Waals surface area contributed by atoms with Crippen LogP contribution in [0.4, 0.5) is 0 Å². The first-order valence-electron chi connectivity index (χ1n) is 5.99. The van der Waals surface area contributed by atoms with Gasteiger partial charge in [0, 0.05) is 19.1 Å². The van der Waals surface area contributed by atoms with Crippen molar-refractivity contribution in [3.05, 3.63) is 29.3 Å². The number of nitrogens with two attached hydrogens (primary N) is 1. The monoisotopic (exact) mass is 250 g/mol. The molecule has 100 valence electrons. The van der Waals surface area contributed by atoms with E-state index in [1.54, 1.807) is 13.2 Å². The lowest BCUT2D eigenvalue weighted by Crippen LogP contribution is -2.25. The minimum absolute atomic E-state index is 0.0528. The van der Waals surface area contributed by atoms with Crippen LogP contribution in [0.1, 0.15) is 31.4 Å². The molecule has 0 fully saturated rings. The summed E-state index contributed by atoms with van der Waals surface area (Å²) in [6.07, 6.45) is 0.799. The van der Waals surface area contributed by atoms with Crippen LogP contribution >= 0.6 is 0 Å². The van der Waals surface area contributed by atoms with E-state index in [4.69, 9.17) is 20.6 Å². The number of methoxy groups -OCH3 is 1. The fourth-order valence-corrected chi connectivity index (χ4v) is 1.43. The molecular weight excluding hydrogens is 228 g/mol. The molecule has 0 radical (unpaired) electrons. The fourth-order valence-electron chi connectivity index (χ4n) is 1.43. The van der Waals surface area contributed by atoms with E-state index in [2.05, 4.69) is 0 Å². The lowest BCUT2D eigenvalue weighted by atomic mass is 10.1. The number of nitrogen functional groups attached to an aromatic ring is 1. The molecule has 4 nitrogen and oxygen atoms in total. The number of rotatable bonds is 6. The number of hydrogen-bond donors (Lipinski definition) is 2. The van der Waals surface area contributed by atoms with Crippen LogP contribution in [-0.4, -0.2) is 25.2 Å². The van der Waals surface area contributed by atoms with Gasteiger partial charge in [-0.3, -0.25) is 5.41 Å². The molecule has 0 aliphatic rings. The van der Waals surface area contributed by atoms with Crippen molar-refractivity contribution in [1.82, 2.24) is 0 Å². The van der Waals surface area contributed by atoms with Gasteiger partial charge in [0.25, 0.3) is 0 Å². The van der Waals surface area contributed by atoms with E-state index in [9.17, 15) is 0 Å². The zero-order chi connectivity index (χ0) is 13.8. The van der Waals surface area contributed by atoms with Gasteiger partial charge >= 0.3 is 0 Å². The molecule has 1 rings (SSSR count). The second-order valence-electron chi connectivity index (χ2n) is 4.96. The number of amidine groups is 1. The third kappa shape index (κ3) is 4.04. The Morgan fingerprint density at radius 2 is 2.06 bits per heavy atom. The van der Waals surface area contributed by atoms with Crippen LogP contribution in [0.3, 0.4) is 0 Å². The third-order valence-corrected chi connectivity index (χ3v) is 3.01. The Bertz CT molecular complexity index is 428. The van der Waals surface area contributed by atoms with Gasteiger partial charge in [0.1, 0.15) is 11.6 Å². The van der Waals surface area contributed by atoms with Crippen molar-refractivity contribution in [1.29, 1.82) is 5.41 Å². The lowest BCUT2D eigenvalue weighted by molar-refractivity contribution is 0.00540. The molecule has 0 aliphatic heterocycles. The molecule has 0 heterocycles. The number of ether oxygens (including phenoxy) is 2. The summed E-state index contributed by atoms with van der Waals surface area (Å²) in [5.41, 5.74) is 6.99. The summed E-state index contributed by atoms with van der Waals surface area (Å²) in [6.45, 7) is 6.59. The van der Waals surface area contributed by atoms with Crippen LogP contribution in [0, 0.1) is 12.3 Å². The maximum absolute atomic E-state index is 7.41. The van der Waals surface area contributed by atoms with Gasteiger partial charge in [-0.1, -0.05) is 12.1 Å². The van der Waals surface area contributed by atoms with Gasteiger partial charge in [-0.05, 0) is 32.4 Å². The van der Waals surface area contributed by atoms with E-state index in [1.165, 1.54) is 0 Å². The topological polar surface area (TPSA) is 68.3 Å². The zero-order valence-corrected chi connectivity index (χ0v) is 11.5. The number of aryl methyl sites for hydroxylation is 1. The van der Waals surface area contributed by atoms with Crippen molar-refractivity contribution in [2.24, 2.45) is 5.73 Å². The van der Waals surface area contributed by atoms with E-state index < -0.39 is 0 Å². The molecule has 0 saturated carbocycles. The molecule has 0 atom stereocenters. The summed E-state index contributed by atoms with van der Waals surface area (Å²) in [5, 5.41) is 7.41. The van der Waals surface area contributed by atoms with Crippen LogP contribution in [0.15, 0.2) is 18.2 Å². The van der Waals surface area contributed by atoms with Gasteiger partial charge in [0.2, 0.25) is 0 Å². The highest BCUT2D eigenvalue weighted by Gasteiger charge is 2.16. The van der Waals surface area contributed by atoms with Crippen molar-refractivity contribution in [3.8, 4) is 5.75 Å². The minimum atomic E-state index is -0.188. The van der Waals surface area contributed by atoms with Crippen molar-refractivity contribution in [3.63, 3.8) is 0 Å². The average molecular weight is 250 g/mol. The van der Waals surface area contributed by atoms with Crippen LogP contribution in [0.25, 0.3) is 0 Å². The summed E-state index contributed by atoms with van der Waals surface area (Å²) < 4.78 is 11.1. The number of nitrogens with one attached hydrogen (secondary N) is 1. The Kier molecular flexibility index (Phi) is 4.73. The third-order valence-electron chi connectivity index (χ3n) is 3.01. The highest BCUT2D eigenvalue weighted by atomic mass is 16.5. The minimum Gasteiger partial charge on any atom is -0.493 e. The molecule has 0 bridgehead atoms. The van der Waals surface area contributed by atoms with Crippen LogP contribution in [0.2, 0.25) is 0 Å². The molecular formula is C14H22N2O2. The van der Waals surface area contributed by atoms with Crippen LogP contribution < -0.4 is 10.5 Å². The first-order chi connectivity index (χ1) is 8.35. The van der Waals surface area contributed by atoms with Crippen LogP contribution in [0.5, 0.6) is 5.75 Å². The average Bonchev–Trinajstić information content (AvgIpc) is 2.31. The quantitative estimate of drug-likeness (QED) is 0.602. The predicted molar refractivity (Wildman–Crippen MR) is 73.4 cm³/mol. The summed E-state index contributed by atoms with van der Waals surface area (Å²) in [7, 11) is 1.70. The highest BCUT2D eigenvalue weighted by molar-refractivity contribution is 5.95. The summed E-state index contributed by atoms with van der Waals surface area (Å²) >= 11 is 0. The summed E-state index contributed by atoms with van der Waals surface area (Å²) in [4.78, 5) is 0. The van der Waals surface area contributed by atoms with Crippen molar-refractivity contribution in [2.45, 2.75) is 32.8 Å². The van der Waals surface area contributed by atoms with Crippen molar-refractivity contribution >= 4 is 5.84 Å².